The molecule has 1 aromatic rings. The molecular weight excluding hydrogens is 216 g/mol. The fraction of sp³-hybridized carbons (Fsp3) is 0.833. The first-order valence-corrected chi connectivity index (χ1v) is 6.42. The van der Waals surface area contributed by atoms with Crippen molar-refractivity contribution in [3.63, 3.8) is 0 Å². The number of anilines is 1. The summed E-state index contributed by atoms with van der Waals surface area (Å²) in [5.74, 6) is 2.91. The standard InChI is InChI=1S/C12H22N4O/c1-8(2)5-13-7-11-15-16-12(17-11)14-6-10-4-9(10)3/h8-10,13H,4-7H2,1-3H3,(H,14,16). The Kier molecular flexibility index (Phi) is 3.99. The fourth-order valence-corrected chi connectivity index (χ4v) is 1.77. The second-order valence-electron chi connectivity index (χ2n) is 5.38. The molecule has 2 rings (SSSR count). The molecule has 0 radical (unpaired) electrons. The third-order valence-electron chi connectivity index (χ3n) is 3.09. The molecule has 1 saturated carbocycles. The zero-order chi connectivity index (χ0) is 12.3. The minimum atomic E-state index is 0.547. The largest absolute Gasteiger partial charge is 0.407 e. The van der Waals surface area contributed by atoms with Crippen LogP contribution >= 0.6 is 0 Å². The van der Waals surface area contributed by atoms with Crippen LogP contribution in [0.25, 0.3) is 0 Å². The van der Waals surface area contributed by atoms with E-state index in [-0.39, 0.29) is 0 Å². The van der Waals surface area contributed by atoms with Crippen LogP contribution in [0.2, 0.25) is 0 Å². The van der Waals surface area contributed by atoms with E-state index in [0.29, 0.717) is 24.4 Å². The fourth-order valence-electron chi connectivity index (χ4n) is 1.77. The third-order valence-corrected chi connectivity index (χ3v) is 3.09. The van der Waals surface area contributed by atoms with E-state index >= 15 is 0 Å². The topological polar surface area (TPSA) is 63.0 Å². The number of nitrogens with zero attached hydrogens (tertiary/aromatic N) is 2. The average molecular weight is 238 g/mol. The van der Waals surface area contributed by atoms with Crippen molar-refractivity contribution in [2.24, 2.45) is 17.8 Å². The third kappa shape index (κ3) is 4.00. The summed E-state index contributed by atoms with van der Waals surface area (Å²) in [6, 6.07) is 0.547. The lowest BCUT2D eigenvalue weighted by Crippen LogP contribution is -2.19. The highest BCUT2D eigenvalue weighted by atomic mass is 16.4. The van der Waals surface area contributed by atoms with Crippen molar-refractivity contribution < 1.29 is 4.42 Å². The molecule has 0 amide bonds. The SMILES string of the molecule is CC(C)CNCc1nnc(NCC2CC2C)o1. The highest BCUT2D eigenvalue weighted by Crippen LogP contribution is 2.37. The van der Waals surface area contributed by atoms with Crippen LogP contribution in [0.5, 0.6) is 0 Å². The van der Waals surface area contributed by atoms with Gasteiger partial charge in [0.1, 0.15) is 0 Å². The molecule has 1 aliphatic carbocycles. The Morgan fingerprint density at radius 3 is 2.82 bits per heavy atom. The van der Waals surface area contributed by atoms with Gasteiger partial charge in [-0.1, -0.05) is 25.9 Å². The lowest BCUT2D eigenvalue weighted by Gasteiger charge is -2.03. The second kappa shape index (κ2) is 5.49. The van der Waals surface area contributed by atoms with Gasteiger partial charge in [-0.2, -0.15) is 0 Å². The van der Waals surface area contributed by atoms with Gasteiger partial charge in [-0.15, -0.1) is 5.10 Å². The number of hydrogen-bond acceptors (Lipinski definition) is 5. The van der Waals surface area contributed by atoms with Gasteiger partial charge < -0.3 is 15.1 Å². The van der Waals surface area contributed by atoms with E-state index in [4.69, 9.17) is 4.42 Å². The van der Waals surface area contributed by atoms with Gasteiger partial charge >= 0.3 is 6.01 Å². The maximum Gasteiger partial charge on any atom is 0.315 e. The van der Waals surface area contributed by atoms with Crippen molar-refractivity contribution in [1.82, 2.24) is 15.5 Å². The van der Waals surface area contributed by atoms with E-state index in [9.17, 15) is 0 Å². The van der Waals surface area contributed by atoms with Gasteiger partial charge in [0.15, 0.2) is 0 Å². The summed E-state index contributed by atoms with van der Waals surface area (Å²) in [5.41, 5.74) is 0. The van der Waals surface area contributed by atoms with Gasteiger partial charge in [0, 0.05) is 6.54 Å². The van der Waals surface area contributed by atoms with Gasteiger partial charge in [0.25, 0.3) is 0 Å². The summed E-state index contributed by atoms with van der Waals surface area (Å²) >= 11 is 0. The highest BCUT2D eigenvalue weighted by Gasteiger charge is 2.32. The quantitative estimate of drug-likeness (QED) is 0.759. The first-order valence-electron chi connectivity index (χ1n) is 6.42. The van der Waals surface area contributed by atoms with E-state index in [2.05, 4.69) is 41.6 Å². The molecule has 1 fully saturated rings. The molecule has 0 saturated heterocycles. The molecule has 0 aliphatic heterocycles. The van der Waals surface area contributed by atoms with Crippen molar-refractivity contribution in [3.05, 3.63) is 5.89 Å². The Balaban J connectivity index is 1.68. The maximum atomic E-state index is 5.48. The van der Waals surface area contributed by atoms with Crippen molar-refractivity contribution in [2.45, 2.75) is 33.7 Å². The molecule has 1 aromatic heterocycles. The normalized spacial score (nSPS) is 23.1. The molecule has 5 nitrogen and oxygen atoms in total. The van der Waals surface area contributed by atoms with Crippen molar-refractivity contribution in [3.8, 4) is 0 Å². The summed E-state index contributed by atoms with van der Waals surface area (Å²) in [7, 11) is 0. The summed E-state index contributed by atoms with van der Waals surface area (Å²) < 4.78 is 5.48. The van der Waals surface area contributed by atoms with E-state index in [1.807, 2.05) is 0 Å². The molecule has 0 bridgehead atoms. The van der Waals surface area contributed by atoms with E-state index in [1.165, 1.54) is 6.42 Å². The van der Waals surface area contributed by atoms with Crippen molar-refractivity contribution in [1.29, 1.82) is 0 Å². The first kappa shape index (κ1) is 12.4. The zero-order valence-electron chi connectivity index (χ0n) is 10.9. The van der Waals surface area contributed by atoms with Crippen LogP contribution in [-0.2, 0) is 6.54 Å². The zero-order valence-corrected chi connectivity index (χ0v) is 10.9. The van der Waals surface area contributed by atoms with Gasteiger partial charge in [-0.3, -0.25) is 0 Å². The maximum absolute atomic E-state index is 5.48. The molecule has 5 heteroatoms. The van der Waals surface area contributed by atoms with Gasteiger partial charge in [-0.05, 0) is 30.7 Å². The molecule has 2 N–H and O–H groups in total. The van der Waals surface area contributed by atoms with E-state index < -0.39 is 0 Å². The molecule has 2 unspecified atom stereocenters. The Labute approximate surface area is 102 Å². The second-order valence-corrected chi connectivity index (χ2v) is 5.38. The number of hydrogen-bond donors (Lipinski definition) is 2. The Morgan fingerprint density at radius 2 is 2.18 bits per heavy atom. The number of nitrogens with one attached hydrogen (secondary N) is 2. The molecule has 96 valence electrons. The van der Waals surface area contributed by atoms with Crippen LogP contribution in [0.15, 0.2) is 4.42 Å². The summed E-state index contributed by atoms with van der Waals surface area (Å²) in [6.07, 6.45) is 1.31. The van der Waals surface area contributed by atoms with E-state index in [1.54, 1.807) is 0 Å². The van der Waals surface area contributed by atoms with Gasteiger partial charge in [0.05, 0.1) is 6.54 Å². The monoisotopic (exact) mass is 238 g/mol. The lowest BCUT2D eigenvalue weighted by molar-refractivity contribution is 0.458. The Morgan fingerprint density at radius 1 is 1.41 bits per heavy atom. The molecule has 0 aromatic carbocycles. The van der Waals surface area contributed by atoms with Crippen LogP contribution in [0, 0.1) is 17.8 Å². The number of aromatic nitrogens is 2. The van der Waals surface area contributed by atoms with Crippen LogP contribution in [0.3, 0.4) is 0 Å². The van der Waals surface area contributed by atoms with Crippen LogP contribution in [-0.4, -0.2) is 23.3 Å². The molecule has 0 spiro atoms. The summed E-state index contributed by atoms with van der Waals surface area (Å²) in [6.45, 7) is 9.16. The predicted molar refractivity (Wildman–Crippen MR) is 66.6 cm³/mol. The van der Waals surface area contributed by atoms with Gasteiger partial charge in [0.2, 0.25) is 5.89 Å². The van der Waals surface area contributed by atoms with Crippen molar-refractivity contribution >= 4 is 6.01 Å². The molecule has 2 atom stereocenters. The summed E-state index contributed by atoms with van der Waals surface area (Å²) in [5, 5.41) is 14.4. The molecule has 17 heavy (non-hydrogen) atoms. The average Bonchev–Trinajstić information content (AvgIpc) is 2.79. The lowest BCUT2D eigenvalue weighted by atomic mass is 10.2. The Bertz CT molecular complexity index is 350. The Hall–Kier alpha value is -1.10. The number of rotatable bonds is 7. The minimum Gasteiger partial charge on any atom is -0.407 e. The molecule has 1 heterocycles. The summed E-state index contributed by atoms with van der Waals surface area (Å²) in [4.78, 5) is 0. The first-order chi connectivity index (χ1) is 8.15. The molecular formula is C12H22N4O. The van der Waals surface area contributed by atoms with E-state index in [0.717, 1.165) is 24.9 Å². The highest BCUT2D eigenvalue weighted by molar-refractivity contribution is 5.17. The van der Waals surface area contributed by atoms with Gasteiger partial charge in [-0.25, -0.2) is 0 Å². The van der Waals surface area contributed by atoms with Crippen molar-refractivity contribution in [2.75, 3.05) is 18.4 Å². The minimum absolute atomic E-state index is 0.547. The molecule has 1 aliphatic rings. The predicted octanol–water partition coefficient (Wildman–Crippen LogP) is 1.88. The van der Waals surface area contributed by atoms with Crippen LogP contribution in [0.4, 0.5) is 6.01 Å². The van der Waals surface area contributed by atoms with Crippen LogP contribution in [0.1, 0.15) is 33.1 Å². The van der Waals surface area contributed by atoms with Crippen LogP contribution < -0.4 is 10.6 Å². The smallest absolute Gasteiger partial charge is 0.315 e.